The number of sulfone groups is 1. The smallest absolute Gasteiger partial charge is 0.244 e. The molecular formula is C25H18F3N3O6S2. The van der Waals surface area contributed by atoms with Crippen molar-refractivity contribution in [2.24, 2.45) is 5.92 Å². The van der Waals surface area contributed by atoms with Crippen LogP contribution in [0.15, 0.2) is 70.6 Å². The highest BCUT2D eigenvalue weighted by Crippen LogP contribution is 2.40. The number of hydrogen-bond acceptors (Lipinski definition) is 7. The van der Waals surface area contributed by atoms with E-state index >= 15 is 0 Å². The zero-order valence-corrected chi connectivity index (χ0v) is 21.5. The number of carbonyl (C=O) groups excluding carboxylic acids is 2. The first-order valence-corrected chi connectivity index (χ1v) is 14.6. The topological polar surface area (TPSA) is 130 Å². The predicted molar refractivity (Wildman–Crippen MR) is 136 cm³/mol. The molecule has 0 aliphatic carbocycles. The molecule has 5 rings (SSSR count). The lowest BCUT2D eigenvalue weighted by atomic mass is 9.87. The van der Waals surface area contributed by atoms with Crippen molar-refractivity contribution in [1.82, 2.24) is 0 Å². The standard InChI is InChI=1S/C25H18F3N3O6S2/c1-38(34,35)30-15-6-7-19-22(8-15)39(36,37)12-20(29-19)23-24(32)16-9-17(27)18(28)10-21(16)31(25(23)33)11-13-2-4-14(26)5-3-13/h2-10,12,23,29-30H,11H2,1H3. The van der Waals surface area contributed by atoms with Gasteiger partial charge in [0, 0.05) is 23.0 Å². The summed E-state index contributed by atoms with van der Waals surface area (Å²) in [6.45, 7) is -0.252. The second kappa shape index (κ2) is 9.24. The van der Waals surface area contributed by atoms with Crippen LogP contribution in [0.4, 0.5) is 30.2 Å². The van der Waals surface area contributed by atoms with E-state index in [9.17, 15) is 39.6 Å². The van der Waals surface area contributed by atoms with Crippen LogP contribution in [0.3, 0.4) is 0 Å². The molecule has 0 bridgehead atoms. The van der Waals surface area contributed by atoms with Gasteiger partial charge in [-0.05, 0) is 42.0 Å². The summed E-state index contributed by atoms with van der Waals surface area (Å²) in [6, 6.07) is 9.97. The van der Waals surface area contributed by atoms with Gasteiger partial charge in [-0.1, -0.05) is 12.1 Å². The molecule has 39 heavy (non-hydrogen) atoms. The lowest BCUT2D eigenvalue weighted by Gasteiger charge is -2.35. The number of ketones is 1. The average molecular weight is 578 g/mol. The molecule has 2 aliphatic rings. The Morgan fingerprint density at radius 1 is 0.974 bits per heavy atom. The number of carbonyl (C=O) groups is 2. The minimum absolute atomic E-state index is 0.0276. The summed E-state index contributed by atoms with van der Waals surface area (Å²) in [7, 11) is -8.00. The quantitative estimate of drug-likeness (QED) is 0.444. The summed E-state index contributed by atoms with van der Waals surface area (Å²) in [5.41, 5.74) is -0.558. The molecule has 1 amide bonds. The third-order valence-corrected chi connectivity index (χ3v) is 8.21. The summed E-state index contributed by atoms with van der Waals surface area (Å²) in [5.74, 6) is -6.83. The van der Waals surface area contributed by atoms with Gasteiger partial charge in [-0.2, -0.15) is 0 Å². The molecule has 0 aromatic heterocycles. The van der Waals surface area contributed by atoms with Gasteiger partial charge in [0.25, 0.3) is 0 Å². The van der Waals surface area contributed by atoms with Crippen LogP contribution < -0.4 is 14.9 Å². The third kappa shape index (κ3) is 5.00. The monoisotopic (exact) mass is 577 g/mol. The maximum atomic E-state index is 14.2. The van der Waals surface area contributed by atoms with E-state index in [0.717, 1.165) is 29.4 Å². The molecule has 2 aliphatic heterocycles. The van der Waals surface area contributed by atoms with Gasteiger partial charge >= 0.3 is 0 Å². The molecule has 0 saturated heterocycles. The molecule has 3 aromatic rings. The molecule has 0 saturated carbocycles. The Hall–Kier alpha value is -4.17. The highest BCUT2D eigenvalue weighted by Gasteiger charge is 2.44. The van der Waals surface area contributed by atoms with Gasteiger partial charge < -0.3 is 10.2 Å². The maximum Gasteiger partial charge on any atom is 0.244 e. The molecule has 3 aromatic carbocycles. The second-order valence-electron chi connectivity index (χ2n) is 8.96. The van der Waals surface area contributed by atoms with Crippen LogP contribution in [0, 0.1) is 23.4 Å². The number of fused-ring (bicyclic) bond motifs is 2. The van der Waals surface area contributed by atoms with Gasteiger partial charge in [-0.15, -0.1) is 0 Å². The van der Waals surface area contributed by atoms with Crippen molar-refractivity contribution in [3.8, 4) is 0 Å². The van der Waals surface area contributed by atoms with E-state index in [4.69, 9.17) is 0 Å². The van der Waals surface area contributed by atoms with Crippen LogP contribution in [0.5, 0.6) is 0 Å². The summed E-state index contributed by atoms with van der Waals surface area (Å²) in [6.07, 6.45) is 0.891. The Labute approximate surface area is 220 Å². The molecule has 9 nitrogen and oxygen atoms in total. The molecule has 14 heteroatoms. The number of rotatable bonds is 5. The Bertz CT molecular complexity index is 1810. The molecule has 1 atom stereocenters. The normalized spacial score (nSPS) is 18.1. The zero-order valence-electron chi connectivity index (χ0n) is 19.9. The molecule has 202 valence electrons. The van der Waals surface area contributed by atoms with Crippen LogP contribution in [-0.2, 0) is 31.2 Å². The van der Waals surface area contributed by atoms with Gasteiger partial charge in [0.15, 0.2) is 17.4 Å². The van der Waals surface area contributed by atoms with Crippen LogP contribution in [0.25, 0.3) is 0 Å². The fourth-order valence-corrected chi connectivity index (χ4v) is 6.33. The Kier molecular flexibility index (Phi) is 6.26. The van der Waals surface area contributed by atoms with Crippen molar-refractivity contribution in [3.05, 3.63) is 94.3 Å². The number of nitrogens with zero attached hydrogens (tertiary/aromatic N) is 1. The van der Waals surface area contributed by atoms with Gasteiger partial charge in [0.2, 0.25) is 25.8 Å². The maximum absolute atomic E-state index is 14.2. The number of benzene rings is 3. The van der Waals surface area contributed by atoms with Gasteiger partial charge in [0.05, 0.1) is 34.5 Å². The van der Waals surface area contributed by atoms with Crippen LogP contribution in [0.1, 0.15) is 15.9 Å². The Balaban J connectivity index is 1.59. The van der Waals surface area contributed by atoms with E-state index in [0.29, 0.717) is 23.1 Å². The van der Waals surface area contributed by atoms with E-state index in [-0.39, 0.29) is 39.8 Å². The van der Waals surface area contributed by atoms with Crippen LogP contribution in [-0.4, -0.2) is 34.8 Å². The van der Waals surface area contributed by atoms with E-state index in [2.05, 4.69) is 10.0 Å². The molecule has 2 heterocycles. The Morgan fingerprint density at radius 3 is 2.31 bits per heavy atom. The zero-order chi connectivity index (χ0) is 28.3. The largest absolute Gasteiger partial charge is 0.356 e. The van der Waals surface area contributed by atoms with Crippen molar-refractivity contribution in [1.29, 1.82) is 0 Å². The highest BCUT2D eigenvalue weighted by atomic mass is 32.2. The number of anilines is 3. The first-order valence-electron chi connectivity index (χ1n) is 11.2. The minimum Gasteiger partial charge on any atom is -0.356 e. The third-order valence-electron chi connectivity index (χ3n) is 6.09. The number of sulfonamides is 1. The summed E-state index contributed by atoms with van der Waals surface area (Å²) < 4.78 is 93.3. The molecule has 0 fully saturated rings. The number of nitrogens with one attached hydrogen (secondary N) is 2. The van der Waals surface area contributed by atoms with E-state index in [1.807, 2.05) is 0 Å². The van der Waals surface area contributed by atoms with E-state index in [1.54, 1.807) is 0 Å². The number of hydrogen-bond donors (Lipinski definition) is 2. The SMILES string of the molecule is CS(=O)(=O)Nc1ccc2c(c1)S(=O)(=O)C=C(C1C(=O)c3cc(F)c(F)cc3N(Cc3ccc(F)cc3)C1=O)N2. The van der Waals surface area contributed by atoms with Crippen molar-refractivity contribution in [2.45, 2.75) is 11.4 Å². The number of halogens is 3. The molecule has 0 spiro atoms. The van der Waals surface area contributed by atoms with Gasteiger partial charge in [0.1, 0.15) is 11.7 Å². The number of amides is 1. The highest BCUT2D eigenvalue weighted by molar-refractivity contribution is 7.94. The van der Waals surface area contributed by atoms with Crippen molar-refractivity contribution in [3.63, 3.8) is 0 Å². The van der Waals surface area contributed by atoms with Crippen LogP contribution in [0.2, 0.25) is 0 Å². The first-order chi connectivity index (χ1) is 18.2. The minimum atomic E-state index is -4.30. The predicted octanol–water partition coefficient (Wildman–Crippen LogP) is 3.56. The molecular weight excluding hydrogens is 559 g/mol. The van der Waals surface area contributed by atoms with Crippen molar-refractivity contribution < 1.29 is 39.6 Å². The number of Topliss-reactive ketones (excluding diaryl/α,β-unsaturated/α-hetero) is 1. The fraction of sp³-hybridized carbons (Fsp3) is 0.120. The van der Waals surface area contributed by atoms with Crippen molar-refractivity contribution in [2.75, 3.05) is 21.2 Å². The lowest BCUT2D eigenvalue weighted by molar-refractivity contribution is -0.120. The fourth-order valence-electron chi connectivity index (χ4n) is 4.40. The van der Waals surface area contributed by atoms with Crippen molar-refractivity contribution >= 4 is 48.6 Å². The average Bonchev–Trinajstić information content (AvgIpc) is 2.83. The van der Waals surface area contributed by atoms with E-state index in [1.165, 1.54) is 24.3 Å². The second-order valence-corrected chi connectivity index (χ2v) is 12.5. The van der Waals surface area contributed by atoms with Gasteiger partial charge in [-0.3, -0.25) is 14.3 Å². The molecule has 0 radical (unpaired) electrons. The van der Waals surface area contributed by atoms with Crippen LogP contribution >= 0.6 is 0 Å². The van der Waals surface area contributed by atoms with Gasteiger partial charge in [-0.25, -0.2) is 30.0 Å². The lowest BCUT2D eigenvalue weighted by Crippen LogP contribution is -2.46. The molecule has 1 unspecified atom stereocenters. The summed E-state index contributed by atoms with van der Waals surface area (Å²) >= 11 is 0. The Morgan fingerprint density at radius 2 is 1.64 bits per heavy atom. The summed E-state index contributed by atoms with van der Waals surface area (Å²) in [4.78, 5) is 27.8. The van der Waals surface area contributed by atoms with E-state index < -0.39 is 54.9 Å². The first kappa shape index (κ1) is 26.4. The summed E-state index contributed by atoms with van der Waals surface area (Å²) in [5, 5.41) is 3.41. The molecule has 2 N–H and O–H groups in total.